The van der Waals surface area contributed by atoms with Crippen molar-refractivity contribution >= 4 is 0 Å². The minimum absolute atomic E-state index is 0.418. The van der Waals surface area contributed by atoms with Crippen LogP contribution in [0, 0.1) is 0 Å². The van der Waals surface area contributed by atoms with Crippen molar-refractivity contribution in [2.75, 3.05) is 7.05 Å². The van der Waals surface area contributed by atoms with Gasteiger partial charge in [-0.1, -0.05) is 5.21 Å². The van der Waals surface area contributed by atoms with Gasteiger partial charge in [0.15, 0.2) is 0 Å². The number of nitrogens with zero attached hydrogens (tertiary/aromatic N) is 4. The first-order chi connectivity index (χ1) is 7.65. The summed E-state index contributed by atoms with van der Waals surface area (Å²) in [5, 5.41) is 8.06. The highest BCUT2D eigenvalue weighted by molar-refractivity contribution is 4.93. The molecule has 0 aromatic carbocycles. The second kappa shape index (κ2) is 4.93. The fourth-order valence-corrected chi connectivity index (χ4v) is 2.39. The summed E-state index contributed by atoms with van der Waals surface area (Å²) in [5.74, 6) is 0. The van der Waals surface area contributed by atoms with Crippen LogP contribution >= 0.6 is 0 Å². The van der Waals surface area contributed by atoms with Gasteiger partial charge in [-0.05, 0) is 32.7 Å². The second-order valence-electron chi connectivity index (χ2n) is 4.87. The Balaban J connectivity index is 1.85. The molecule has 2 N–H and O–H groups in total. The third-order valence-electron chi connectivity index (χ3n) is 3.43. The first-order valence-corrected chi connectivity index (χ1v) is 5.96. The Bertz CT molecular complexity index is 327. The summed E-state index contributed by atoms with van der Waals surface area (Å²) in [7, 11) is 4.06. The van der Waals surface area contributed by atoms with E-state index in [0.29, 0.717) is 12.1 Å². The minimum Gasteiger partial charge on any atom is -0.328 e. The molecule has 0 bridgehead atoms. The Morgan fingerprint density at radius 1 is 1.44 bits per heavy atom. The van der Waals surface area contributed by atoms with Gasteiger partial charge in [0.25, 0.3) is 0 Å². The van der Waals surface area contributed by atoms with E-state index < -0.39 is 0 Å². The molecule has 1 fully saturated rings. The molecule has 1 aromatic rings. The summed E-state index contributed by atoms with van der Waals surface area (Å²) >= 11 is 0. The quantitative estimate of drug-likeness (QED) is 0.811. The maximum absolute atomic E-state index is 5.91. The van der Waals surface area contributed by atoms with Gasteiger partial charge in [0.05, 0.1) is 5.69 Å². The van der Waals surface area contributed by atoms with Gasteiger partial charge in [-0.2, -0.15) is 0 Å². The molecule has 1 aliphatic carbocycles. The van der Waals surface area contributed by atoms with Crippen LogP contribution in [0.15, 0.2) is 6.20 Å². The first kappa shape index (κ1) is 11.5. The van der Waals surface area contributed by atoms with Crippen LogP contribution in [-0.2, 0) is 13.6 Å². The largest absolute Gasteiger partial charge is 0.328 e. The molecule has 1 saturated carbocycles. The van der Waals surface area contributed by atoms with Crippen LogP contribution in [0.4, 0.5) is 0 Å². The van der Waals surface area contributed by atoms with Crippen molar-refractivity contribution in [2.45, 2.75) is 44.3 Å². The van der Waals surface area contributed by atoms with Gasteiger partial charge in [-0.25, -0.2) is 0 Å². The molecule has 1 heterocycles. The maximum Gasteiger partial charge on any atom is 0.0966 e. The second-order valence-corrected chi connectivity index (χ2v) is 4.87. The molecule has 2 rings (SSSR count). The molecule has 0 radical (unpaired) electrons. The van der Waals surface area contributed by atoms with E-state index in [4.69, 9.17) is 5.73 Å². The third-order valence-corrected chi connectivity index (χ3v) is 3.43. The highest BCUT2D eigenvalue weighted by Crippen LogP contribution is 2.21. The van der Waals surface area contributed by atoms with Crippen molar-refractivity contribution in [3.8, 4) is 0 Å². The van der Waals surface area contributed by atoms with Gasteiger partial charge in [0.2, 0.25) is 0 Å². The smallest absolute Gasteiger partial charge is 0.0966 e. The minimum atomic E-state index is 0.418. The molecule has 0 atom stereocenters. The normalized spacial score (nSPS) is 26.2. The van der Waals surface area contributed by atoms with E-state index in [1.54, 1.807) is 4.68 Å². The van der Waals surface area contributed by atoms with E-state index in [1.165, 1.54) is 12.8 Å². The summed E-state index contributed by atoms with van der Waals surface area (Å²) in [6.45, 7) is 0.883. The Morgan fingerprint density at radius 3 is 2.69 bits per heavy atom. The lowest BCUT2D eigenvalue weighted by Gasteiger charge is -2.32. The third kappa shape index (κ3) is 2.80. The molecular formula is C11H21N5. The SMILES string of the molecule is CN(Cc1cn(C)nn1)C1CCC(N)CC1. The van der Waals surface area contributed by atoms with Crippen molar-refractivity contribution in [1.29, 1.82) is 0 Å². The van der Waals surface area contributed by atoms with Crippen LogP contribution in [0.2, 0.25) is 0 Å². The molecule has 0 saturated heterocycles. The van der Waals surface area contributed by atoms with E-state index in [1.807, 2.05) is 13.2 Å². The van der Waals surface area contributed by atoms with Crippen LogP contribution in [0.1, 0.15) is 31.4 Å². The average molecular weight is 223 g/mol. The predicted molar refractivity (Wildman–Crippen MR) is 62.7 cm³/mol. The number of aromatic nitrogens is 3. The fraction of sp³-hybridized carbons (Fsp3) is 0.818. The van der Waals surface area contributed by atoms with Gasteiger partial charge >= 0.3 is 0 Å². The molecule has 5 heteroatoms. The highest BCUT2D eigenvalue weighted by atomic mass is 15.4. The topological polar surface area (TPSA) is 60.0 Å². The number of rotatable bonds is 3. The van der Waals surface area contributed by atoms with Crippen molar-refractivity contribution in [1.82, 2.24) is 19.9 Å². The molecule has 0 aliphatic heterocycles. The lowest BCUT2D eigenvalue weighted by molar-refractivity contribution is 0.174. The van der Waals surface area contributed by atoms with Gasteiger partial charge < -0.3 is 5.73 Å². The zero-order valence-electron chi connectivity index (χ0n) is 10.1. The summed E-state index contributed by atoms with van der Waals surface area (Å²) in [5.41, 5.74) is 6.95. The molecule has 1 aliphatic rings. The van der Waals surface area contributed by atoms with Crippen molar-refractivity contribution in [3.05, 3.63) is 11.9 Å². The highest BCUT2D eigenvalue weighted by Gasteiger charge is 2.22. The van der Waals surface area contributed by atoms with E-state index in [0.717, 1.165) is 25.1 Å². The van der Waals surface area contributed by atoms with Crippen LogP contribution in [-0.4, -0.2) is 39.0 Å². The van der Waals surface area contributed by atoms with Gasteiger partial charge in [-0.3, -0.25) is 9.58 Å². The van der Waals surface area contributed by atoms with Gasteiger partial charge in [-0.15, -0.1) is 5.10 Å². The predicted octanol–water partition coefficient (Wildman–Crippen LogP) is 0.517. The van der Waals surface area contributed by atoms with Crippen LogP contribution in [0.25, 0.3) is 0 Å². The van der Waals surface area contributed by atoms with E-state index in [2.05, 4.69) is 22.3 Å². The van der Waals surface area contributed by atoms with Crippen LogP contribution in [0.5, 0.6) is 0 Å². The summed E-state index contributed by atoms with van der Waals surface area (Å²) in [4.78, 5) is 2.37. The van der Waals surface area contributed by atoms with E-state index in [9.17, 15) is 0 Å². The molecule has 0 amide bonds. The van der Waals surface area contributed by atoms with E-state index in [-0.39, 0.29) is 0 Å². The number of nitrogens with two attached hydrogens (primary N) is 1. The van der Waals surface area contributed by atoms with Crippen molar-refractivity contribution in [3.63, 3.8) is 0 Å². The average Bonchev–Trinajstić information content (AvgIpc) is 2.65. The summed E-state index contributed by atoms with van der Waals surface area (Å²) in [6.07, 6.45) is 6.69. The molecule has 90 valence electrons. The van der Waals surface area contributed by atoms with Crippen LogP contribution in [0.3, 0.4) is 0 Å². The molecule has 0 unspecified atom stereocenters. The Morgan fingerprint density at radius 2 is 2.12 bits per heavy atom. The monoisotopic (exact) mass is 223 g/mol. The lowest BCUT2D eigenvalue weighted by Crippen LogP contribution is -2.38. The van der Waals surface area contributed by atoms with Crippen molar-refractivity contribution in [2.24, 2.45) is 12.8 Å². The zero-order chi connectivity index (χ0) is 11.5. The maximum atomic E-state index is 5.91. The van der Waals surface area contributed by atoms with Crippen LogP contribution < -0.4 is 5.73 Å². The Labute approximate surface area is 96.6 Å². The summed E-state index contributed by atoms with van der Waals surface area (Å²) < 4.78 is 1.75. The zero-order valence-corrected chi connectivity index (χ0v) is 10.1. The Hall–Kier alpha value is -0.940. The standard InChI is InChI=1S/C11H21N5/c1-15(7-10-8-16(2)14-13-10)11-5-3-9(12)4-6-11/h8-9,11H,3-7,12H2,1-2H3. The number of hydrogen-bond donors (Lipinski definition) is 1. The number of hydrogen-bond acceptors (Lipinski definition) is 4. The molecule has 0 spiro atoms. The van der Waals surface area contributed by atoms with E-state index >= 15 is 0 Å². The summed E-state index contributed by atoms with van der Waals surface area (Å²) in [6, 6.07) is 1.07. The van der Waals surface area contributed by atoms with Crippen molar-refractivity contribution < 1.29 is 0 Å². The van der Waals surface area contributed by atoms with Gasteiger partial charge in [0, 0.05) is 31.9 Å². The number of aryl methyl sites for hydroxylation is 1. The fourth-order valence-electron chi connectivity index (χ4n) is 2.39. The Kier molecular flexibility index (Phi) is 3.56. The molecule has 5 nitrogen and oxygen atoms in total. The molecule has 1 aromatic heterocycles. The molecular weight excluding hydrogens is 202 g/mol. The first-order valence-electron chi connectivity index (χ1n) is 5.96. The lowest BCUT2D eigenvalue weighted by atomic mass is 9.91. The van der Waals surface area contributed by atoms with Gasteiger partial charge in [0.1, 0.15) is 0 Å². The molecule has 16 heavy (non-hydrogen) atoms.